The Morgan fingerprint density at radius 1 is 1.24 bits per heavy atom. The first-order chi connectivity index (χ1) is 9.47. The average Bonchev–Trinajstić information content (AvgIpc) is 2.32. The zero-order valence-corrected chi connectivity index (χ0v) is 11.3. The Morgan fingerprint density at radius 3 is 2.29 bits per heavy atom. The highest BCUT2D eigenvalue weighted by Gasteiger charge is 2.37. The first-order valence-corrected chi connectivity index (χ1v) is 6.63. The van der Waals surface area contributed by atoms with Crippen LogP contribution in [-0.4, -0.2) is 50.0 Å². The molecule has 0 rings (SSSR count). The van der Waals surface area contributed by atoms with Crippen molar-refractivity contribution in [1.29, 1.82) is 0 Å². The second kappa shape index (κ2) is 7.83. The molecule has 0 aliphatic heterocycles. The minimum Gasteiger partial charge on any atom is -0.743 e. The van der Waals surface area contributed by atoms with E-state index in [1.807, 2.05) is 5.32 Å². The minimum absolute atomic E-state index is 0.311. The maximum absolute atomic E-state index is 12.6. The van der Waals surface area contributed by atoms with Crippen molar-refractivity contribution in [3.8, 4) is 0 Å². The third-order valence-corrected chi connectivity index (χ3v) is 2.75. The molecule has 0 saturated heterocycles. The van der Waals surface area contributed by atoms with Crippen LogP contribution in [0.1, 0.15) is 6.42 Å². The van der Waals surface area contributed by atoms with Gasteiger partial charge in [0, 0.05) is 0 Å². The van der Waals surface area contributed by atoms with Crippen LogP contribution in [0.25, 0.3) is 0 Å². The van der Waals surface area contributed by atoms with E-state index in [2.05, 4.69) is 16.1 Å². The molecule has 0 aliphatic rings. The molecule has 0 aliphatic carbocycles. The summed E-state index contributed by atoms with van der Waals surface area (Å²) in [5, 5.41) is -2.61. The first kappa shape index (κ1) is 19.2. The Labute approximate surface area is 117 Å². The van der Waals surface area contributed by atoms with Gasteiger partial charge in [0.15, 0.2) is 10.1 Å². The van der Waals surface area contributed by atoms with E-state index in [-0.39, 0.29) is 6.54 Å². The Bertz CT molecular complexity index is 505. The molecule has 0 heterocycles. The van der Waals surface area contributed by atoms with Crippen LogP contribution in [0.15, 0.2) is 12.4 Å². The van der Waals surface area contributed by atoms with Crippen LogP contribution in [0.2, 0.25) is 0 Å². The predicted octanol–water partition coefficient (Wildman–Crippen LogP) is 0.267. The van der Waals surface area contributed by atoms with Gasteiger partial charge in [-0.25, -0.2) is 18.0 Å². The van der Waals surface area contributed by atoms with E-state index in [0.717, 1.165) is 0 Å². The fourth-order valence-corrected chi connectivity index (χ4v) is 1.15. The number of halogens is 3. The Kier molecular flexibility index (Phi) is 7.15. The van der Waals surface area contributed by atoms with Gasteiger partial charge in [0.2, 0.25) is 5.83 Å². The number of hydrogen-bond donors (Lipinski definition) is 1. The lowest BCUT2D eigenvalue weighted by Gasteiger charge is -2.19. The van der Waals surface area contributed by atoms with Crippen LogP contribution in [0.3, 0.4) is 0 Å². The van der Waals surface area contributed by atoms with Crippen molar-refractivity contribution >= 4 is 22.2 Å². The second-order valence-corrected chi connectivity index (χ2v) is 4.95. The zero-order chi connectivity index (χ0) is 16.7. The molecule has 0 bridgehead atoms. The predicted molar refractivity (Wildman–Crippen MR) is 59.8 cm³/mol. The van der Waals surface area contributed by atoms with E-state index in [1.165, 1.54) is 0 Å². The average molecular weight is 334 g/mol. The van der Waals surface area contributed by atoms with Gasteiger partial charge >= 0.3 is 17.3 Å². The molecule has 8 nitrogen and oxygen atoms in total. The number of alkyl halides is 2. The van der Waals surface area contributed by atoms with Crippen molar-refractivity contribution in [3.63, 3.8) is 0 Å². The van der Waals surface area contributed by atoms with Gasteiger partial charge in [-0.2, -0.15) is 13.2 Å². The normalized spacial score (nSPS) is 11.6. The molecule has 0 radical (unpaired) electrons. The topological polar surface area (TPSA) is 122 Å². The van der Waals surface area contributed by atoms with Crippen molar-refractivity contribution in [2.45, 2.75) is 11.7 Å². The highest BCUT2D eigenvalue weighted by molar-refractivity contribution is 7.86. The van der Waals surface area contributed by atoms with Crippen molar-refractivity contribution in [1.82, 2.24) is 5.32 Å². The molecule has 21 heavy (non-hydrogen) atoms. The largest absolute Gasteiger partial charge is 0.743 e. The number of rotatable bonds is 8. The first-order valence-electron chi connectivity index (χ1n) is 5.23. The molecular weight excluding hydrogens is 323 g/mol. The smallest absolute Gasteiger partial charge is 0.407 e. The SMILES string of the molecule is C=C(F)C(=O)OCCNC(=O)OCCC(F)(F)S(=O)(=O)[O-]. The van der Waals surface area contributed by atoms with Crippen LogP contribution in [0.4, 0.5) is 18.0 Å². The van der Waals surface area contributed by atoms with Crippen LogP contribution in [0.5, 0.6) is 0 Å². The van der Waals surface area contributed by atoms with Gasteiger partial charge in [0.25, 0.3) is 0 Å². The quantitative estimate of drug-likeness (QED) is 0.292. The van der Waals surface area contributed by atoms with E-state index in [9.17, 15) is 35.7 Å². The number of amides is 1. The maximum Gasteiger partial charge on any atom is 0.407 e. The van der Waals surface area contributed by atoms with Gasteiger partial charge in [-0.3, -0.25) is 0 Å². The van der Waals surface area contributed by atoms with Crippen LogP contribution in [-0.2, 0) is 24.4 Å². The van der Waals surface area contributed by atoms with Gasteiger partial charge in [0.1, 0.15) is 6.61 Å². The van der Waals surface area contributed by atoms with Crippen molar-refractivity contribution < 1.29 is 45.2 Å². The molecule has 0 aromatic heterocycles. The summed E-state index contributed by atoms with van der Waals surface area (Å²) in [5.74, 6) is -2.66. The molecule has 0 aromatic rings. The van der Waals surface area contributed by atoms with Crippen LogP contribution < -0.4 is 5.32 Å². The standard InChI is InChI=1S/C9H12F3NO7S/c1-6(10)7(14)19-5-3-13-8(15)20-4-2-9(11,12)21(16,17)18/h1-5H2,(H,13,15)(H,16,17,18)/p-1. The summed E-state index contributed by atoms with van der Waals surface area (Å²) in [5.41, 5.74) is 0. The molecule has 0 unspecified atom stereocenters. The van der Waals surface area contributed by atoms with Gasteiger partial charge in [-0.1, -0.05) is 6.58 Å². The summed E-state index contributed by atoms with van der Waals surface area (Å²) in [4.78, 5) is 21.5. The lowest BCUT2D eigenvalue weighted by molar-refractivity contribution is -0.140. The lowest BCUT2D eigenvalue weighted by Crippen LogP contribution is -2.33. The molecule has 1 amide bonds. The number of carbonyl (C=O) groups is 2. The van der Waals surface area contributed by atoms with Crippen molar-refractivity contribution in [2.75, 3.05) is 19.8 Å². The van der Waals surface area contributed by atoms with E-state index >= 15 is 0 Å². The number of esters is 1. The molecule has 0 spiro atoms. The summed E-state index contributed by atoms with van der Waals surface area (Å²) in [7, 11) is -5.84. The molecule has 0 saturated carbocycles. The molecule has 122 valence electrons. The Hall–Kier alpha value is -1.82. The molecular formula is C9H11F3NO7S-. The fraction of sp³-hybridized carbons (Fsp3) is 0.556. The Morgan fingerprint density at radius 2 is 1.81 bits per heavy atom. The monoisotopic (exact) mass is 334 g/mol. The summed E-state index contributed by atoms with van der Waals surface area (Å²) >= 11 is 0. The van der Waals surface area contributed by atoms with Crippen molar-refractivity contribution in [3.05, 3.63) is 12.4 Å². The molecule has 0 aromatic carbocycles. The van der Waals surface area contributed by atoms with E-state index in [0.29, 0.717) is 0 Å². The highest BCUT2D eigenvalue weighted by Crippen LogP contribution is 2.24. The molecule has 0 fully saturated rings. The van der Waals surface area contributed by atoms with Gasteiger partial charge < -0.3 is 19.3 Å². The maximum atomic E-state index is 12.6. The molecule has 1 N–H and O–H groups in total. The highest BCUT2D eigenvalue weighted by atomic mass is 32.2. The number of ether oxygens (including phenoxy) is 2. The van der Waals surface area contributed by atoms with Crippen LogP contribution in [0, 0.1) is 0 Å². The fourth-order valence-electron chi connectivity index (χ4n) is 0.814. The lowest BCUT2D eigenvalue weighted by atomic mass is 10.5. The zero-order valence-electron chi connectivity index (χ0n) is 10.4. The summed E-state index contributed by atoms with van der Waals surface area (Å²) in [6.45, 7) is 0.887. The summed E-state index contributed by atoms with van der Waals surface area (Å²) in [6.07, 6.45) is -2.72. The third kappa shape index (κ3) is 7.51. The summed E-state index contributed by atoms with van der Waals surface area (Å²) in [6, 6.07) is 0. The number of nitrogens with one attached hydrogen (secondary N) is 1. The second-order valence-electron chi connectivity index (χ2n) is 3.44. The molecule has 12 heteroatoms. The molecule has 0 atom stereocenters. The van der Waals surface area contributed by atoms with E-state index in [1.54, 1.807) is 0 Å². The van der Waals surface area contributed by atoms with E-state index < -0.39 is 52.9 Å². The summed E-state index contributed by atoms with van der Waals surface area (Å²) < 4.78 is 76.1. The number of alkyl carbamates (subject to hydrolysis) is 1. The van der Waals surface area contributed by atoms with Gasteiger partial charge in [-0.05, 0) is 0 Å². The van der Waals surface area contributed by atoms with Gasteiger partial charge in [0.05, 0.1) is 19.6 Å². The Balaban J connectivity index is 3.88. The van der Waals surface area contributed by atoms with Crippen molar-refractivity contribution in [2.24, 2.45) is 0 Å². The third-order valence-electron chi connectivity index (χ3n) is 1.82. The van der Waals surface area contributed by atoms with Crippen LogP contribution >= 0.6 is 0 Å². The minimum atomic E-state index is -5.84. The van der Waals surface area contributed by atoms with Gasteiger partial charge in [-0.15, -0.1) is 0 Å². The number of carbonyl (C=O) groups excluding carboxylic acids is 2. The number of hydrogen-bond acceptors (Lipinski definition) is 7. The van der Waals surface area contributed by atoms with E-state index in [4.69, 9.17) is 0 Å².